The number of nitrogens with one attached hydrogen (secondary N) is 1. The fourth-order valence-corrected chi connectivity index (χ4v) is 2.65. The summed E-state index contributed by atoms with van der Waals surface area (Å²) in [6.07, 6.45) is 2.09. The van der Waals surface area contributed by atoms with E-state index in [0.29, 0.717) is 18.0 Å². The van der Waals surface area contributed by atoms with Gasteiger partial charge < -0.3 is 5.32 Å². The fraction of sp³-hybridized carbons (Fsp3) is 0.500. The number of halogens is 2. The van der Waals surface area contributed by atoms with E-state index < -0.39 is 0 Å². The van der Waals surface area contributed by atoms with Crippen molar-refractivity contribution < 1.29 is 4.79 Å². The highest BCUT2D eigenvalue weighted by atomic mass is 127. The van der Waals surface area contributed by atoms with Crippen LogP contribution < -0.4 is 5.32 Å². The second-order valence-electron chi connectivity index (χ2n) is 4.31. The molecule has 1 aromatic rings. The van der Waals surface area contributed by atoms with Crippen molar-refractivity contribution in [2.45, 2.75) is 32.1 Å². The molecule has 0 heterocycles. The summed E-state index contributed by atoms with van der Waals surface area (Å²) in [5.74, 6) is 0.409. The molecule has 0 spiro atoms. The minimum absolute atomic E-state index is 0.00722. The number of rotatable bonds is 6. The maximum absolute atomic E-state index is 11.9. The molecule has 1 atom stereocenters. The molecule has 1 unspecified atom stereocenters. The molecule has 0 aliphatic heterocycles. The normalized spacial score (nSPS) is 12.5. The van der Waals surface area contributed by atoms with E-state index in [-0.39, 0.29) is 11.3 Å². The van der Waals surface area contributed by atoms with Crippen LogP contribution in [-0.4, -0.2) is 17.8 Å². The Kier molecular flexibility index (Phi) is 7.00. The number of carbonyl (C=O) groups excluding carboxylic acids is 1. The third kappa shape index (κ3) is 4.76. The van der Waals surface area contributed by atoms with Crippen LogP contribution in [0.25, 0.3) is 0 Å². The lowest BCUT2D eigenvalue weighted by atomic mass is 9.99. The van der Waals surface area contributed by atoms with Crippen LogP contribution >= 0.6 is 34.2 Å². The van der Waals surface area contributed by atoms with Gasteiger partial charge >= 0.3 is 0 Å². The number of alkyl halides is 1. The zero-order valence-electron chi connectivity index (χ0n) is 10.7. The SMILES string of the molecule is CCC(CC)C(Cl)CNC(=O)c1ccc(I)cc1. The Morgan fingerprint density at radius 3 is 2.33 bits per heavy atom. The average molecular weight is 380 g/mol. The number of benzene rings is 1. The summed E-state index contributed by atoms with van der Waals surface area (Å²) < 4.78 is 1.12. The third-order valence-corrected chi connectivity index (χ3v) is 4.35. The van der Waals surface area contributed by atoms with Gasteiger partial charge in [0.2, 0.25) is 0 Å². The Morgan fingerprint density at radius 2 is 1.83 bits per heavy atom. The van der Waals surface area contributed by atoms with Crippen LogP contribution in [-0.2, 0) is 0 Å². The van der Waals surface area contributed by atoms with E-state index in [1.54, 1.807) is 0 Å². The Morgan fingerprint density at radius 1 is 1.28 bits per heavy atom. The molecule has 1 amide bonds. The number of amides is 1. The minimum Gasteiger partial charge on any atom is -0.351 e. The van der Waals surface area contributed by atoms with Crippen molar-refractivity contribution in [1.29, 1.82) is 0 Å². The largest absolute Gasteiger partial charge is 0.351 e. The van der Waals surface area contributed by atoms with Gasteiger partial charge in [-0.05, 0) is 52.8 Å². The lowest BCUT2D eigenvalue weighted by Crippen LogP contribution is -2.33. The van der Waals surface area contributed by atoms with Crippen molar-refractivity contribution in [3.05, 3.63) is 33.4 Å². The first-order chi connectivity index (χ1) is 8.58. The second kappa shape index (κ2) is 8.00. The van der Waals surface area contributed by atoms with E-state index in [2.05, 4.69) is 41.8 Å². The maximum Gasteiger partial charge on any atom is 0.251 e. The maximum atomic E-state index is 11.9. The molecule has 4 heteroatoms. The van der Waals surface area contributed by atoms with Gasteiger partial charge in [0.15, 0.2) is 0 Å². The van der Waals surface area contributed by atoms with Crippen molar-refractivity contribution in [2.75, 3.05) is 6.54 Å². The molecule has 1 aromatic carbocycles. The number of hydrogen-bond donors (Lipinski definition) is 1. The molecular formula is C14H19ClINO. The van der Waals surface area contributed by atoms with Crippen LogP contribution in [0.15, 0.2) is 24.3 Å². The molecule has 2 nitrogen and oxygen atoms in total. The molecule has 0 saturated heterocycles. The predicted molar refractivity (Wildman–Crippen MR) is 85.2 cm³/mol. The first kappa shape index (κ1) is 15.8. The van der Waals surface area contributed by atoms with Crippen molar-refractivity contribution in [2.24, 2.45) is 5.92 Å². The van der Waals surface area contributed by atoms with Crippen LogP contribution in [0.3, 0.4) is 0 Å². The van der Waals surface area contributed by atoms with Crippen molar-refractivity contribution in [3.8, 4) is 0 Å². The van der Waals surface area contributed by atoms with Gasteiger partial charge in [0, 0.05) is 15.7 Å². The minimum atomic E-state index is -0.0528. The summed E-state index contributed by atoms with van der Waals surface area (Å²) in [5.41, 5.74) is 0.684. The molecular weight excluding hydrogens is 361 g/mol. The van der Waals surface area contributed by atoms with Gasteiger partial charge in [0.25, 0.3) is 5.91 Å². The number of hydrogen-bond acceptors (Lipinski definition) is 1. The Bertz CT molecular complexity index is 376. The van der Waals surface area contributed by atoms with Crippen LogP contribution in [0, 0.1) is 9.49 Å². The zero-order chi connectivity index (χ0) is 13.5. The van der Waals surface area contributed by atoms with Gasteiger partial charge in [0.1, 0.15) is 0 Å². The summed E-state index contributed by atoms with van der Waals surface area (Å²) in [7, 11) is 0. The highest BCUT2D eigenvalue weighted by molar-refractivity contribution is 14.1. The molecule has 0 bridgehead atoms. The van der Waals surface area contributed by atoms with Crippen LogP contribution in [0.1, 0.15) is 37.0 Å². The molecule has 0 aliphatic rings. The van der Waals surface area contributed by atoms with Gasteiger partial charge in [-0.15, -0.1) is 11.6 Å². The highest BCUT2D eigenvalue weighted by Crippen LogP contribution is 2.17. The van der Waals surface area contributed by atoms with Gasteiger partial charge in [0.05, 0.1) is 5.38 Å². The van der Waals surface area contributed by atoms with Gasteiger partial charge in [-0.25, -0.2) is 0 Å². The standard InChI is InChI=1S/C14H19ClINO/c1-3-10(4-2)13(15)9-17-14(18)11-5-7-12(16)8-6-11/h5-8,10,13H,3-4,9H2,1-2H3,(H,17,18). The monoisotopic (exact) mass is 379 g/mol. The van der Waals surface area contributed by atoms with Crippen LogP contribution in [0.4, 0.5) is 0 Å². The molecule has 18 heavy (non-hydrogen) atoms. The molecule has 0 saturated carbocycles. The molecule has 1 rings (SSSR count). The molecule has 0 aliphatic carbocycles. The predicted octanol–water partition coefficient (Wildman–Crippen LogP) is 4.06. The lowest BCUT2D eigenvalue weighted by molar-refractivity contribution is 0.0951. The first-order valence-electron chi connectivity index (χ1n) is 6.26. The average Bonchev–Trinajstić information content (AvgIpc) is 2.38. The van der Waals surface area contributed by atoms with E-state index in [0.717, 1.165) is 16.4 Å². The topological polar surface area (TPSA) is 29.1 Å². The molecule has 100 valence electrons. The summed E-state index contributed by atoms with van der Waals surface area (Å²) in [4.78, 5) is 11.9. The molecule has 0 radical (unpaired) electrons. The van der Waals surface area contributed by atoms with E-state index in [1.165, 1.54) is 0 Å². The highest BCUT2D eigenvalue weighted by Gasteiger charge is 2.16. The van der Waals surface area contributed by atoms with Gasteiger partial charge in [-0.2, -0.15) is 0 Å². The van der Waals surface area contributed by atoms with Crippen molar-refractivity contribution in [3.63, 3.8) is 0 Å². The fourth-order valence-electron chi connectivity index (χ4n) is 1.86. The summed E-state index contributed by atoms with van der Waals surface area (Å²) in [6.45, 7) is 4.79. The summed E-state index contributed by atoms with van der Waals surface area (Å²) in [6, 6.07) is 7.51. The van der Waals surface area contributed by atoms with E-state index in [4.69, 9.17) is 11.6 Å². The molecule has 0 fully saturated rings. The van der Waals surface area contributed by atoms with Crippen molar-refractivity contribution >= 4 is 40.1 Å². The van der Waals surface area contributed by atoms with Gasteiger partial charge in [-0.3, -0.25) is 4.79 Å². The Hall–Kier alpha value is -0.290. The lowest BCUT2D eigenvalue weighted by Gasteiger charge is -2.19. The third-order valence-electron chi connectivity index (χ3n) is 3.12. The first-order valence-corrected chi connectivity index (χ1v) is 7.77. The summed E-state index contributed by atoms with van der Waals surface area (Å²) in [5, 5.41) is 2.90. The smallest absolute Gasteiger partial charge is 0.251 e. The van der Waals surface area contributed by atoms with Gasteiger partial charge in [-0.1, -0.05) is 26.7 Å². The second-order valence-corrected chi connectivity index (χ2v) is 6.12. The quantitative estimate of drug-likeness (QED) is 0.586. The molecule has 0 aromatic heterocycles. The van der Waals surface area contributed by atoms with Crippen LogP contribution in [0.2, 0.25) is 0 Å². The van der Waals surface area contributed by atoms with E-state index >= 15 is 0 Å². The number of carbonyl (C=O) groups is 1. The summed E-state index contributed by atoms with van der Waals surface area (Å²) >= 11 is 8.51. The van der Waals surface area contributed by atoms with E-state index in [1.807, 2.05) is 24.3 Å². The molecule has 1 N–H and O–H groups in total. The zero-order valence-corrected chi connectivity index (χ0v) is 13.7. The Balaban J connectivity index is 2.48. The van der Waals surface area contributed by atoms with Crippen LogP contribution in [0.5, 0.6) is 0 Å². The Labute approximate surface area is 128 Å². The van der Waals surface area contributed by atoms with E-state index in [9.17, 15) is 4.79 Å². The van der Waals surface area contributed by atoms with Crippen molar-refractivity contribution in [1.82, 2.24) is 5.32 Å².